The van der Waals surface area contributed by atoms with Gasteiger partial charge in [0.05, 0.1) is 11.7 Å². The maximum absolute atomic E-state index is 12.1. The second kappa shape index (κ2) is 6.39. The second-order valence-electron chi connectivity index (χ2n) is 4.25. The molecule has 1 aromatic heterocycles. The summed E-state index contributed by atoms with van der Waals surface area (Å²) >= 11 is 0. The average molecular weight is 238 g/mol. The highest BCUT2D eigenvalue weighted by molar-refractivity contribution is 5.82. The van der Waals surface area contributed by atoms with Crippen molar-refractivity contribution in [1.82, 2.24) is 14.9 Å². The van der Waals surface area contributed by atoms with Crippen LogP contribution in [0.4, 0.5) is 0 Å². The Hall–Kier alpha value is -1.36. The number of nitrogens with one attached hydrogen (secondary N) is 1. The molecule has 3 N–H and O–H groups in total. The Labute approximate surface area is 102 Å². The van der Waals surface area contributed by atoms with Crippen LogP contribution >= 0.6 is 0 Å². The van der Waals surface area contributed by atoms with E-state index in [1.165, 1.54) is 0 Å². The van der Waals surface area contributed by atoms with E-state index in [4.69, 9.17) is 5.73 Å². The van der Waals surface area contributed by atoms with Gasteiger partial charge in [0.25, 0.3) is 0 Å². The van der Waals surface area contributed by atoms with E-state index in [-0.39, 0.29) is 5.91 Å². The fourth-order valence-electron chi connectivity index (χ4n) is 1.86. The second-order valence-corrected chi connectivity index (χ2v) is 4.25. The molecule has 1 heterocycles. The summed E-state index contributed by atoms with van der Waals surface area (Å²) in [7, 11) is 0. The van der Waals surface area contributed by atoms with E-state index in [1.54, 1.807) is 12.5 Å². The molecule has 17 heavy (non-hydrogen) atoms. The molecule has 1 amide bonds. The third kappa shape index (κ3) is 3.30. The normalized spacial score (nSPS) is 11.5. The molecule has 0 unspecified atom stereocenters. The van der Waals surface area contributed by atoms with Crippen molar-refractivity contribution in [3.63, 3.8) is 0 Å². The molecule has 1 rings (SSSR count). The number of nitrogens with zero attached hydrogens (tertiary/aromatic N) is 2. The van der Waals surface area contributed by atoms with Crippen molar-refractivity contribution < 1.29 is 4.79 Å². The standard InChI is InChI=1S/C12H22N4O/c1-3-12(4-2,9-13)11(17)15-6-8-16-7-5-14-10-16/h5,7,10H,3-4,6,8-9,13H2,1-2H3,(H,15,17). The molecule has 0 spiro atoms. The van der Waals surface area contributed by atoms with E-state index in [0.29, 0.717) is 13.1 Å². The van der Waals surface area contributed by atoms with Crippen LogP contribution in [-0.2, 0) is 11.3 Å². The van der Waals surface area contributed by atoms with Crippen LogP contribution in [0.15, 0.2) is 18.7 Å². The van der Waals surface area contributed by atoms with Gasteiger partial charge in [0, 0.05) is 32.0 Å². The molecular formula is C12H22N4O. The van der Waals surface area contributed by atoms with Gasteiger partial charge in [-0.3, -0.25) is 4.79 Å². The molecule has 96 valence electrons. The predicted molar refractivity (Wildman–Crippen MR) is 67.3 cm³/mol. The predicted octanol–water partition coefficient (Wildman–Crippen LogP) is 0.764. The lowest BCUT2D eigenvalue weighted by Crippen LogP contribution is -2.46. The van der Waals surface area contributed by atoms with E-state index in [2.05, 4.69) is 10.3 Å². The minimum absolute atomic E-state index is 0.0603. The average Bonchev–Trinajstić information content (AvgIpc) is 2.85. The smallest absolute Gasteiger partial charge is 0.227 e. The quantitative estimate of drug-likeness (QED) is 0.736. The summed E-state index contributed by atoms with van der Waals surface area (Å²) in [5, 5.41) is 2.95. The Bertz CT molecular complexity index is 322. The zero-order chi connectivity index (χ0) is 12.7. The monoisotopic (exact) mass is 238 g/mol. The molecule has 0 aliphatic heterocycles. The van der Waals surface area contributed by atoms with Crippen LogP contribution in [0.2, 0.25) is 0 Å². The Morgan fingerprint density at radius 1 is 1.47 bits per heavy atom. The van der Waals surface area contributed by atoms with Gasteiger partial charge in [0.15, 0.2) is 0 Å². The van der Waals surface area contributed by atoms with Crippen molar-refractivity contribution in [3.05, 3.63) is 18.7 Å². The van der Waals surface area contributed by atoms with Gasteiger partial charge in [-0.2, -0.15) is 0 Å². The lowest BCUT2D eigenvalue weighted by atomic mass is 9.81. The Balaban J connectivity index is 2.42. The first kappa shape index (κ1) is 13.7. The number of amides is 1. The van der Waals surface area contributed by atoms with Crippen molar-refractivity contribution in [2.75, 3.05) is 13.1 Å². The maximum Gasteiger partial charge on any atom is 0.227 e. The lowest BCUT2D eigenvalue weighted by molar-refractivity contribution is -0.131. The molecule has 0 aliphatic rings. The number of carbonyl (C=O) groups is 1. The minimum Gasteiger partial charge on any atom is -0.354 e. The zero-order valence-electron chi connectivity index (χ0n) is 10.6. The van der Waals surface area contributed by atoms with Crippen molar-refractivity contribution in [2.45, 2.75) is 33.2 Å². The van der Waals surface area contributed by atoms with Gasteiger partial charge in [0.1, 0.15) is 0 Å². The first-order valence-corrected chi connectivity index (χ1v) is 6.12. The van der Waals surface area contributed by atoms with Crippen LogP contribution in [-0.4, -0.2) is 28.5 Å². The maximum atomic E-state index is 12.1. The Morgan fingerprint density at radius 3 is 2.65 bits per heavy atom. The van der Waals surface area contributed by atoms with Gasteiger partial charge in [-0.1, -0.05) is 13.8 Å². The number of nitrogens with two attached hydrogens (primary N) is 1. The van der Waals surface area contributed by atoms with Crippen LogP contribution in [0.25, 0.3) is 0 Å². The topological polar surface area (TPSA) is 72.9 Å². The number of aromatic nitrogens is 2. The van der Waals surface area contributed by atoms with Gasteiger partial charge >= 0.3 is 0 Å². The van der Waals surface area contributed by atoms with E-state index in [0.717, 1.165) is 19.4 Å². The van der Waals surface area contributed by atoms with Crippen molar-refractivity contribution >= 4 is 5.91 Å². The molecule has 5 nitrogen and oxygen atoms in total. The number of hydrogen-bond donors (Lipinski definition) is 2. The van der Waals surface area contributed by atoms with E-state index >= 15 is 0 Å². The van der Waals surface area contributed by atoms with Gasteiger partial charge < -0.3 is 15.6 Å². The molecule has 0 radical (unpaired) electrons. The molecule has 0 saturated carbocycles. The number of carbonyl (C=O) groups excluding carboxylic acids is 1. The molecule has 0 bridgehead atoms. The Morgan fingerprint density at radius 2 is 2.18 bits per heavy atom. The lowest BCUT2D eigenvalue weighted by Gasteiger charge is -2.28. The first-order valence-electron chi connectivity index (χ1n) is 6.12. The van der Waals surface area contributed by atoms with Gasteiger partial charge in [0.2, 0.25) is 5.91 Å². The summed E-state index contributed by atoms with van der Waals surface area (Å²) in [6.45, 7) is 5.76. The largest absolute Gasteiger partial charge is 0.354 e. The highest BCUT2D eigenvalue weighted by Crippen LogP contribution is 2.24. The summed E-state index contributed by atoms with van der Waals surface area (Å²) in [5.74, 6) is 0.0603. The number of rotatable bonds is 7. The molecule has 5 heteroatoms. The number of imidazole rings is 1. The molecule has 1 aromatic rings. The van der Waals surface area contributed by atoms with Gasteiger partial charge in [-0.05, 0) is 12.8 Å². The van der Waals surface area contributed by atoms with E-state index in [1.807, 2.05) is 24.6 Å². The highest BCUT2D eigenvalue weighted by atomic mass is 16.2. The summed E-state index contributed by atoms with van der Waals surface area (Å²) < 4.78 is 1.93. The molecule has 0 aliphatic carbocycles. The van der Waals surface area contributed by atoms with Gasteiger partial charge in [-0.25, -0.2) is 4.98 Å². The Kier molecular flexibility index (Phi) is 5.15. The van der Waals surface area contributed by atoms with E-state index in [9.17, 15) is 4.79 Å². The van der Waals surface area contributed by atoms with Gasteiger partial charge in [-0.15, -0.1) is 0 Å². The van der Waals surface area contributed by atoms with Crippen LogP contribution in [0.5, 0.6) is 0 Å². The fraction of sp³-hybridized carbons (Fsp3) is 0.667. The summed E-state index contributed by atoms with van der Waals surface area (Å²) in [6.07, 6.45) is 6.89. The minimum atomic E-state index is -0.408. The molecular weight excluding hydrogens is 216 g/mol. The van der Waals surface area contributed by atoms with Crippen molar-refractivity contribution in [3.8, 4) is 0 Å². The van der Waals surface area contributed by atoms with Crippen LogP contribution in [0.3, 0.4) is 0 Å². The molecule has 0 aromatic carbocycles. The first-order chi connectivity index (χ1) is 8.18. The summed E-state index contributed by atoms with van der Waals surface area (Å²) in [5.41, 5.74) is 5.31. The summed E-state index contributed by atoms with van der Waals surface area (Å²) in [6, 6.07) is 0. The summed E-state index contributed by atoms with van der Waals surface area (Å²) in [4.78, 5) is 16.0. The zero-order valence-corrected chi connectivity index (χ0v) is 10.6. The van der Waals surface area contributed by atoms with E-state index < -0.39 is 5.41 Å². The number of hydrogen-bond acceptors (Lipinski definition) is 3. The molecule has 0 atom stereocenters. The van der Waals surface area contributed by atoms with Crippen LogP contribution < -0.4 is 11.1 Å². The third-order valence-electron chi connectivity index (χ3n) is 3.44. The van der Waals surface area contributed by atoms with Crippen LogP contribution in [0.1, 0.15) is 26.7 Å². The van der Waals surface area contributed by atoms with Crippen molar-refractivity contribution in [1.29, 1.82) is 0 Å². The molecule has 0 fully saturated rings. The fourth-order valence-corrected chi connectivity index (χ4v) is 1.86. The van der Waals surface area contributed by atoms with Crippen molar-refractivity contribution in [2.24, 2.45) is 11.1 Å². The molecule has 0 saturated heterocycles. The third-order valence-corrected chi connectivity index (χ3v) is 3.44. The van der Waals surface area contributed by atoms with Crippen LogP contribution in [0, 0.1) is 5.41 Å². The SMILES string of the molecule is CCC(CC)(CN)C(=O)NCCn1ccnc1. The highest BCUT2D eigenvalue weighted by Gasteiger charge is 2.32.